The Kier molecular flexibility index (Phi) is 5.04. The largest absolute Gasteiger partial charge is 0.292 e. The van der Waals surface area contributed by atoms with Crippen molar-refractivity contribution < 1.29 is 9.59 Å². The van der Waals surface area contributed by atoms with Crippen molar-refractivity contribution in [1.29, 1.82) is 0 Å². The summed E-state index contributed by atoms with van der Waals surface area (Å²) >= 11 is 0. The van der Waals surface area contributed by atoms with Gasteiger partial charge in [0.05, 0.1) is 18.2 Å². The highest BCUT2D eigenvalue weighted by Crippen LogP contribution is 2.32. The predicted octanol–water partition coefficient (Wildman–Crippen LogP) is 4.24. The molecule has 0 saturated heterocycles. The highest BCUT2D eigenvalue weighted by molar-refractivity contribution is 6.29. The van der Waals surface area contributed by atoms with Crippen molar-refractivity contribution in [3.05, 3.63) is 94.8 Å². The van der Waals surface area contributed by atoms with E-state index in [1.807, 2.05) is 62.4 Å². The first-order valence-corrected chi connectivity index (χ1v) is 9.49. The fraction of sp³-hybridized carbons (Fsp3) is 0.167. The maximum Gasteiger partial charge on any atom is 0.265 e. The summed E-state index contributed by atoms with van der Waals surface area (Å²) in [4.78, 5) is 36.2. The number of hydrogen-bond donors (Lipinski definition) is 0. The molecule has 0 aliphatic carbocycles. The second kappa shape index (κ2) is 7.80. The summed E-state index contributed by atoms with van der Waals surface area (Å²) in [7, 11) is 0. The minimum Gasteiger partial charge on any atom is -0.292 e. The third-order valence-corrected chi connectivity index (χ3v) is 5.24. The molecule has 29 heavy (non-hydrogen) atoms. The van der Waals surface area contributed by atoms with E-state index in [4.69, 9.17) is 0 Å². The summed E-state index contributed by atoms with van der Waals surface area (Å²) in [6.07, 6.45) is 5.08. The lowest BCUT2D eigenvalue weighted by Gasteiger charge is -2.31. The lowest BCUT2D eigenvalue weighted by Crippen LogP contribution is -2.45. The number of aliphatic imine (C=N–C) groups is 1. The van der Waals surface area contributed by atoms with Crippen molar-refractivity contribution in [2.24, 2.45) is 4.99 Å². The molecule has 144 valence electrons. The standard InChI is InChI=1S/C24H21N3O2/c1-16-7-8-19(13-17(16)2)27-23(28)21-6-4-3-5-20(21)22(24(27)29)15-26-14-18-9-11-25-12-10-18/h3-13,15,22H,14H2,1-2H3/t22-/m1/s1. The van der Waals surface area contributed by atoms with Gasteiger partial charge in [0.1, 0.15) is 0 Å². The van der Waals surface area contributed by atoms with Crippen LogP contribution >= 0.6 is 0 Å². The number of benzene rings is 2. The summed E-state index contributed by atoms with van der Waals surface area (Å²) < 4.78 is 0. The molecule has 0 fully saturated rings. The Balaban J connectivity index is 1.72. The van der Waals surface area contributed by atoms with Crippen molar-refractivity contribution in [2.45, 2.75) is 26.3 Å². The molecule has 1 atom stereocenters. The topological polar surface area (TPSA) is 62.6 Å². The van der Waals surface area contributed by atoms with E-state index in [9.17, 15) is 9.59 Å². The minimum atomic E-state index is -0.604. The first-order chi connectivity index (χ1) is 14.1. The minimum absolute atomic E-state index is 0.282. The summed E-state index contributed by atoms with van der Waals surface area (Å²) in [5.74, 6) is -1.18. The molecule has 0 bridgehead atoms. The molecule has 1 aliphatic rings. The third-order valence-electron chi connectivity index (χ3n) is 5.24. The van der Waals surface area contributed by atoms with Gasteiger partial charge in [-0.05, 0) is 66.4 Å². The van der Waals surface area contributed by atoms with E-state index < -0.39 is 5.92 Å². The van der Waals surface area contributed by atoms with E-state index in [1.165, 1.54) is 4.90 Å². The maximum atomic E-state index is 13.3. The van der Waals surface area contributed by atoms with Gasteiger partial charge in [-0.25, -0.2) is 4.90 Å². The van der Waals surface area contributed by atoms with Gasteiger partial charge in [0.25, 0.3) is 5.91 Å². The third kappa shape index (κ3) is 3.59. The zero-order chi connectivity index (χ0) is 20.4. The van der Waals surface area contributed by atoms with Gasteiger partial charge in [0.15, 0.2) is 0 Å². The molecule has 0 N–H and O–H groups in total. The van der Waals surface area contributed by atoms with Gasteiger partial charge in [-0.15, -0.1) is 0 Å². The maximum absolute atomic E-state index is 13.3. The van der Waals surface area contributed by atoms with Gasteiger partial charge in [-0.2, -0.15) is 0 Å². The molecule has 0 radical (unpaired) electrons. The SMILES string of the molecule is Cc1ccc(N2C(=O)c3ccccc3[C@@H](C=NCc3ccncc3)C2=O)cc1C. The second-order valence-corrected chi connectivity index (χ2v) is 7.16. The fourth-order valence-electron chi connectivity index (χ4n) is 3.46. The molecular formula is C24H21N3O2. The number of anilines is 1. The molecule has 2 aromatic carbocycles. The van der Waals surface area contributed by atoms with Crippen LogP contribution < -0.4 is 4.90 Å². The average Bonchev–Trinajstić information content (AvgIpc) is 2.74. The van der Waals surface area contributed by atoms with E-state index in [1.54, 1.807) is 24.7 Å². The molecule has 2 heterocycles. The van der Waals surface area contributed by atoms with E-state index in [-0.39, 0.29) is 11.8 Å². The number of hydrogen-bond acceptors (Lipinski definition) is 4. The van der Waals surface area contributed by atoms with Gasteiger partial charge in [-0.1, -0.05) is 24.3 Å². The Morgan fingerprint density at radius 2 is 1.76 bits per heavy atom. The van der Waals surface area contributed by atoms with Gasteiger partial charge < -0.3 is 0 Å². The van der Waals surface area contributed by atoms with Gasteiger partial charge in [0, 0.05) is 24.2 Å². The summed E-state index contributed by atoms with van der Waals surface area (Å²) in [5.41, 5.74) is 4.97. The molecule has 4 rings (SSSR count). The monoisotopic (exact) mass is 383 g/mol. The summed E-state index contributed by atoms with van der Waals surface area (Å²) in [5, 5.41) is 0. The Bertz CT molecular complexity index is 1110. The highest BCUT2D eigenvalue weighted by Gasteiger charge is 2.38. The van der Waals surface area contributed by atoms with Gasteiger partial charge >= 0.3 is 0 Å². The van der Waals surface area contributed by atoms with Crippen LogP contribution in [0.1, 0.15) is 38.5 Å². The molecule has 1 aliphatic heterocycles. The molecule has 5 nitrogen and oxygen atoms in total. The molecule has 3 aromatic rings. The van der Waals surface area contributed by atoms with Crippen molar-refractivity contribution in [2.75, 3.05) is 4.90 Å². The number of carbonyl (C=O) groups is 2. The number of fused-ring (bicyclic) bond motifs is 1. The molecule has 0 unspecified atom stereocenters. The van der Waals surface area contributed by atoms with Gasteiger partial charge in [0.2, 0.25) is 5.91 Å². The van der Waals surface area contributed by atoms with Crippen molar-refractivity contribution in [3.8, 4) is 0 Å². The second-order valence-electron chi connectivity index (χ2n) is 7.16. The molecule has 5 heteroatoms. The molecule has 2 amide bonds. The van der Waals surface area contributed by atoms with Crippen LogP contribution in [0, 0.1) is 13.8 Å². The Labute approximate surface area is 169 Å². The van der Waals surface area contributed by atoms with Crippen LogP contribution in [-0.2, 0) is 11.3 Å². The highest BCUT2D eigenvalue weighted by atomic mass is 16.2. The number of imide groups is 1. The van der Waals surface area contributed by atoms with Crippen LogP contribution in [0.2, 0.25) is 0 Å². The van der Waals surface area contributed by atoms with E-state index in [0.717, 1.165) is 16.7 Å². The Morgan fingerprint density at radius 1 is 1.00 bits per heavy atom. The number of aryl methyl sites for hydroxylation is 2. The predicted molar refractivity (Wildman–Crippen MR) is 113 cm³/mol. The molecule has 1 aromatic heterocycles. The van der Waals surface area contributed by atoms with Crippen LogP contribution in [0.25, 0.3) is 0 Å². The van der Waals surface area contributed by atoms with Crippen LogP contribution in [0.3, 0.4) is 0 Å². The van der Waals surface area contributed by atoms with Crippen LogP contribution in [0.4, 0.5) is 5.69 Å². The quantitative estimate of drug-likeness (QED) is 0.500. The normalized spacial score (nSPS) is 16.3. The zero-order valence-electron chi connectivity index (χ0n) is 16.4. The summed E-state index contributed by atoms with van der Waals surface area (Å²) in [6.45, 7) is 4.42. The lowest BCUT2D eigenvalue weighted by atomic mass is 9.88. The smallest absolute Gasteiger partial charge is 0.265 e. The Hall–Kier alpha value is -3.60. The zero-order valence-corrected chi connectivity index (χ0v) is 16.4. The van der Waals surface area contributed by atoms with Crippen molar-refractivity contribution in [3.63, 3.8) is 0 Å². The number of rotatable bonds is 4. The number of pyridine rings is 1. The van der Waals surface area contributed by atoms with Crippen molar-refractivity contribution >= 4 is 23.7 Å². The molecule has 0 saturated carbocycles. The van der Waals surface area contributed by atoms with Crippen molar-refractivity contribution in [1.82, 2.24) is 4.98 Å². The fourth-order valence-corrected chi connectivity index (χ4v) is 3.46. The number of nitrogens with zero attached hydrogens (tertiary/aromatic N) is 3. The Morgan fingerprint density at radius 3 is 2.52 bits per heavy atom. The number of amides is 2. The van der Waals surface area contributed by atoms with E-state index in [0.29, 0.717) is 23.4 Å². The summed E-state index contributed by atoms with van der Waals surface area (Å²) in [6, 6.07) is 16.6. The van der Waals surface area contributed by atoms with E-state index in [2.05, 4.69) is 9.98 Å². The lowest BCUT2D eigenvalue weighted by molar-refractivity contribution is -0.118. The number of carbonyl (C=O) groups excluding carboxylic acids is 2. The molecule has 0 spiro atoms. The van der Waals surface area contributed by atoms with Gasteiger partial charge in [-0.3, -0.25) is 19.6 Å². The van der Waals surface area contributed by atoms with E-state index >= 15 is 0 Å². The number of aromatic nitrogens is 1. The van der Waals surface area contributed by atoms with Crippen LogP contribution in [0.5, 0.6) is 0 Å². The first-order valence-electron chi connectivity index (χ1n) is 9.49. The first kappa shape index (κ1) is 18.7. The van der Waals surface area contributed by atoms with Crippen LogP contribution in [-0.4, -0.2) is 23.0 Å². The van der Waals surface area contributed by atoms with Crippen LogP contribution in [0.15, 0.2) is 72.0 Å². The molecular weight excluding hydrogens is 362 g/mol. The average molecular weight is 383 g/mol.